The van der Waals surface area contributed by atoms with Gasteiger partial charge in [0.25, 0.3) is 6.85 Å². The smallest absolute Gasteiger partial charge is 0.319 e. The minimum absolute atomic E-state index is 0.142. The van der Waals surface area contributed by atoms with Gasteiger partial charge >= 0.3 is 5.97 Å². The minimum Gasteiger partial charge on any atom is -0.505 e. The molecule has 1 atom stereocenters. The number of carboxylic acids is 1. The first-order valence-corrected chi connectivity index (χ1v) is 4.05. The van der Waals surface area contributed by atoms with E-state index in [1.165, 1.54) is 12.2 Å². The molecule has 76 valence electrons. The topological polar surface area (TPSA) is 116 Å². The van der Waals surface area contributed by atoms with Gasteiger partial charge in [-0.3, -0.25) is 4.79 Å². The van der Waals surface area contributed by atoms with Crippen molar-refractivity contribution in [1.82, 2.24) is 5.23 Å². The number of rotatable bonds is 3. The van der Waals surface area contributed by atoms with Crippen molar-refractivity contribution in [3.8, 4) is 0 Å². The van der Waals surface area contributed by atoms with Crippen molar-refractivity contribution < 1.29 is 20.1 Å². The van der Waals surface area contributed by atoms with Gasteiger partial charge in [-0.25, -0.2) is 0 Å². The van der Waals surface area contributed by atoms with Crippen LogP contribution in [0.5, 0.6) is 0 Å². The van der Waals surface area contributed by atoms with E-state index < -0.39 is 12.0 Å². The van der Waals surface area contributed by atoms with Crippen LogP contribution in [-0.2, 0) is 4.79 Å². The lowest BCUT2D eigenvalue weighted by atomic mass is 9.56. The molecule has 1 rings (SSSR count). The molecule has 6 N–H and O–H groups in total. The summed E-state index contributed by atoms with van der Waals surface area (Å²) in [6.07, 6.45) is 1.34. The van der Waals surface area contributed by atoms with Gasteiger partial charge in [0.05, 0.1) is 6.04 Å². The van der Waals surface area contributed by atoms with E-state index in [0.29, 0.717) is 0 Å². The lowest BCUT2D eigenvalue weighted by Gasteiger charge is -2.16. The molecule has 0 amide bonds. The molecule has 0 aromatic carbocycles. The first kappa shape index (κ1) is 10.5. The molecule has 14 heavy (non-hydrogen) atoms. The van der Waals surface area contributed by atoms with Crippen LogP contribution in [0.4, 0.5) is 0 Å². The van der Waals surface area contributed by atoms with Crippen LogP contribution >= 0.6 is 0 Å². The highest BCUT2D eigenvalue weighted by Gasteiger charge is 2.23. The van der Waals surface area contributed by atoms with Crippen molar-refractivity contribution in [2.75, 3.05) is 0 Å². The third kappa shape index (κ3) is 2.43. The van der Waals surface area contributed by atoms with E-state index in [-0.39, 0.29) is 24.7 Å². The van der Waals surface area contributed by atoms with Gasteiger partial charge in [-0.2, -0.15) is 0 Å². The van der Waals surface area contributed by atoms with Gasteiger partial charge in [-0.1, -0.05) is 0 Å². The van der Waals surface area contributed by atoms with Crippen molar-refractivity contribution in [3.63, 3.8) is 0 Å². The van der Waals surface area contributed by atoms with Crippen LogP contribution in [-0.4, -0.2) is 34.2 Å². The van der Waals surface area contributed by atoms with Crippen molar-refractivity contribution in [1.29, 1.82) is 0 Å². The summed E-state index contributed by atoms with van der Waals surface area (Å²) >= 11 is 0. The Morgan fingerprint density at radius 1 is 1.57 bits per heavy atom. The summed E-state index contributed by atoms with van der Waals surface area (Å²) in [7, 11) is 0. The second-order valence-corrected chi connectivity index (χ2v) is 3.04. The third-order valence-corrected chi connectivity index (χ3v) is 1.88. The van der Waals surface area contributed by atoms with E-state index >= 15 is 0 Å². The van der Waals surface area contributed by atoms with Gasteiger partial charge in [-0.05, 0) is 12.3 Å². The summed E-state index contributed by atoms with van der Waals surface area (Å²) in [5.41, 5.74) is 5.29. The summed E-state index contributed by atoms with van der Waals surface area (Å²) in [4.78, 5) is 10.4. The van der Waals surface area contributed by atoms with Crippen LogP contribution in [0.2, 0.25) is 6.32 Å². The Bertz CT molecular complexity index is 302. The largest absolute Gasteiger partial charge is 0.505 e. The van der Waals surface area contributed by atoms with E-state index in [4.69, 9.17) is 21.1 Å². The number of aliphatic hydroxyl groups excluding tert-OH is 2. The average molecular weight is 198 g/mol. The Morgan fingerprint density at radius 3 is 2.71 bits per heavy atom. The van der Waals surface area contributed by atoms with Crippen molar-refractivity contribution in [2.45, 2.75) is 12.4 Å². The molecule has 6 nitrogen and oxygen atoms in total. The average Bonchev–Trinajstić information content (AvgIpc) is 2.11. The molecule has 0 saturated heterocycles. The van der Waals surface area contributed by atoms with E-state index in [1.807, 2.05) is 0 Å². The molecular formula is C7H11BN2O4. The van der Waals surface area contributed by atoms with Crippen LogP contribution in [0, 0.1) is 0 Å². The quantitative estimate of drug-likeness (QED) is 0.385. The number of carboxylic acid groups (broad SMARTS) is 1. The maximum atomic E-state index is 10.4. The van der Waals surface area contributed by atoms with E-state index in [0.717, 1.165) is 0 Å². The molecular weight excluding hydrogens is 187 g/mol. The summed E-state index contributed by atoms with van der Waals surface area (Å²) in [6, 6.07) is -0.995. The first-order chi connectivity index (χ1) is 6.50. The summed E-state index contributed by atoms with van der Waals surface area (Å²) < 4.78 is 0. The molecule has 1 aliphatic heterocycles. The number of aliphatic hydroxyl groups is 2. The molecule has 0 spiro atoms. The van der Waals surface area contributed by atoms with Gasteiger partial charge in [0.2, 0.25) is 0 Å². The highest BCUT2D eigenvalue weighted by molar-refractivity contribution is 6.62. The number of carbonyl (C=O) groups is 1. The Balaban J connectivity index is 2.54. The summed E-state index contributed by atoms with van der Waals surface area (Å²) in [5.74, 6) is -0.326. The van der Waals surface area contributed by atoms with Crippen LogP contribution < -0.4 is 11.0 Å². The summed E-state index contributed by atoms with van der Waals surface area (Å²) in [6.45, 7) is -0.378. The maximum Gasteiger partial charge on any atom is 0.319 e. The highest BCUT2D eigenvalue weighted by Crippen LogP contribution is 2.09. The molecule has 1 aliphatic rings. The van der Waals surface area contributed by atoms with Crippen molar-refractivity contribution >= 4 is 12.8 Å². The van der Waals surface area contributed by atoms with Gasteiger partial charge in [0, 0.05) is 6.20 Å². The van der Waals surface area contributed by atoms with Gasteiger partial charge in [0.1, 0.15) is 5.76 Å². The molecule has 7 heteroatoms. The van der Waals surface area contributed by atoms with E-state index in [2.05, 4.69) is 5.23 Å². The van der Waals surface area contributed by atoms with Crippen molar-refractivity contribution in [3.05, 3.63) is 23.7 Å². The molecule has 0 fully saturated rings. The molecule has 0 aromatic heterocycles. The second-order valence-electron chi connectivity index (χ2n) is 3.04. The van der Waals surface area contributed by atoms with Gasteiger partial charge in [0.15, 0.2) is 5.76 Å². The zero-order valence-corrected chi connectivity index (χ0v) is 7.34. The summed E-state index contributed by atoms with van der Waals surface area (Å²) in [5, 5.41) is 29.3. The molecule has 0 aromatic rings. The Kier molecular flexibility index (Phi) is 3.03. The number of aliphatic carboxylic acids is 1. The second kappa shape index (κ2) is 4.06. The zero-order chi connectivity index (χ0) is 10.7. The highest BCUT2D eigenvalue weighted by atomic mass is 16.4. The monoisotopic (exact) mass is 198 g/mol. The van der Waals surface area contributed by atoms with Crippen molar-refractivity contribution in [2.24, 2.45) is 5.73 Å². The van der Waals surface area contributed by atoms with Gasteiger partial charge < -0.3 is 26.3 Å². The molecule has 1 unspecified atom stereocenters. The fourth-order valence-corrected chi connectivity index (χ4v) is 1.09. The molecule has 1 heterocycles. The predicted octanol–water partition coefficient (Wildman–Crippen LogP) is -0.626. The van der Waals surface area contributed by atoms with Crippen LogP contribution in [0.1, 0.15) is 0 Å². The molecule has 0 saturated carbocycles. The molecule has 0 radical (unpaired) electrons. The van der Waals surface area contributed by atoms with Crippen LogP contribution in [0.3, 0.4) is 0 Å². The standard InChI is InChI=1S/C7H11BN2O4/c9-4(7(13)14)1-8-2-5(11)6(12)3-10-8/h2-4,10-12H,1,9H2,(H,13,14). The maximum absolute atomic E-state index is 10.4. The normalized spacial score (nSPS) is 17.9. The molecule has 0 bridgehead atoms. The van der Waals surface area contributed by atoms with Crippen LogP contribution in [0.25, 0.3) is 0 Å². The Morgan fingerprint density at radius 2 is 2.21 bits per heavy atom. The fourth-order valence-electron chi connectivity index (χ4n) is 1.09. The van der Waals surface area contributed by atoms with Gasteiger partial charge in [-0.15, -0.1) is 0 Å². The molecule has 0 aliphatic carbocycles. The van der Waals surface area contributed by atoms with E-state index in [9.17, 15) is 4.79 Å². The number of nitrogens with two attached hydrogens (primary N) is 1. The third-order valence-electron chi connectivity index (χ3n) is 1.88. The van der Waals surface area contributed by atoms with Crippen LogP contribution in [0.15, 0.2) is 23.7 Å². The number of nitrogens with one attached hydrogen (secondary N) is 1. The number of hydrogen-bond acceptors (Lipinski definition) is 5. The lowest BCUT2D eigenvalue weighted by molar-refractivity contribution is -0.138. The Labute approximate surface area is 80.8 Å². The SMILES string of the molecule is NC(CB1C=C(O)C(O)=CN1)C(=O)O. The predicted molar refractivity (Wildman–Crippen MR) is 50.7 cm³/mol. The fraction of sp³-hybridized carbons (Fsp3) is 0.286. The minimum atomic E-state index is -1.10. The first-order valence-electron chi connectivity index (χ1n) is 4.05. The lowest BCUT2D eigenvalue weighted by Crippen LogP contribution is -2.41. The number of hydrogen-bond donors (Lipinski definition) is 5. The zero-order valence-electron chi connectivity index (χ0n) is 7.34. The Hall–Kier alpha value is -1.63. The van der Waals surface area contributed by atoms with E-state index in [1.54, 1.807) is 0 Å².